The zero-order chi connectivity index (χ0) is 17.9. The molecule has 5 nitrogen and oxygen atoms in total. The van der Waals surface area contributed by atoms with Crippen molar-refractivity contribution in [3.05, 3.63) is 60.4 Å². The molecule has 0 saturated carbocycles. The number of carbonyl (C=O) groups is 1. The number of aromatic nitrogens is 2. The second-order valence-electron chi connectivity index (χ2n) is 6.61. The molecule has 1 aliphatic heterocycles. The lowest BCUT2D eigenvalue weighted by molar-refractivity contribution is -0.127. The van der Waals surface area contributed by atoms with Crippen LogP contribution in [0.3, 0.4) is 0 Å². The van der Waals surface area contributed by atoms with E-state index in [1.807, 2.05) is 60.4 Å². The van der Waals surface area contributed by atoms with Crippen LogP contribution in [0.1, 0.15) is 25.1 Å². The smallest absolute Gasteiger partial charge is 0.223 e. The minimum atomic E-state index is 0.145. The van der Waals surface area contributed by atoms with Crippen molar-refractivity contribution in [1.29, 1.82) is 0 Å². The molecule has 1 aromatic heterocycles. The Kier molecular flexibility index (Phi) is 4.61. The molecule has 2 aromatic carbocycles. The predicted octanol–water partition coefficient (Wildman–Crippen LogP) is 3.45. The van der Waals surface area contributed by atoms with Crippen molar-refractivity contribution >= 4 is 16.9 Å². The van der Waals surface area contributed by atoms with Gasteiger partial charge in [0.05, 0.1) is 17.6 Å². The van der Waals surface area contributed by atoms with E-state index in [2.05, 4.69) is 10.6 Å². The summed E-state index contributed by atoms with van der Waals surface area (Å²) in [6.07, 6.45) is 0.538. The van der Waals surface area contributed by atoms with E-state index in [0.717, 1.165) is 35.7 Å². The maximum atomic E-state index is 12.2. The fourth-order valence-corrected chi connectivity index (χ4v) is 3.66. The number of carbonyl (C=O) groups excluding carboxylic acids is 1. The van der Waals surface area contributed by atoms with Gasteiger partial charge in [0.15, 0.2) is 0 Å². The summed E-state index contributed by atoms with van der Waals surface area (Å²) in [4.78, 5) is 18.9. The lowest BCUT2D eigenvalue weighted by atomic mass is 10.1. The third-order valence-electron chi connectivity index (χ3n) is 4.97. The van der Waals surface area contributed by atoms with Gasteiger partial charge >= 0.3 is 0 Å². The van der Waals surface area contributed by atoms with Gasteiger partial charge in [0, 0.05) is 25.4 Å². The number of hydrogen-bond acceptors (Lipinski definition) is 3. The van der Waals surface area contributed by atoms with Crippen LogP contribution in [0.25, 0.3) is 11.0 Å². The molecule has 0 aliphatic carbocycles. The van der Waals surface area contributed by atoms with Crippen molar-refractivity contribution in [3.63, 3.8) is 0 Å². The summed E-state index contributed by atoms with van der Waals surface area (Å²) in [6.45, 7) is 4.80. The number of benzene rings is 2. The van der Waals surface area contributed by atoms with Gasteiger partial charge in [0.1, 0.15) is 18.2 Å². The molecular formula is C21H23N3O2. The van der Waals surface area contributed by atoms with Gasteiger partial charge in [-0.25, -0.2) is 4.98 Å². The van der Waals surface area contributed by atoms with Crippen molar-refractivity contribution in [2.24, 2.45) is 0 Å². The maximum absolute atomic E-state index is 12.2. The van der Waals surface area contributed by atoms with Gasteiger partial charge in [-0.2, -0.15) is 0 Å². The largest absolute Gasteiger partial charge is 0.492 e. The fourth-order valence-electron chi connectivity index (χ4n) is 3.66. The molecule has 2 heterocycles. The number of ether oxygens (including phenoxy) is 1. The second kappa shape index (κ2) is 7.20. The molecule has 1 aliphatic rings. The van der Waals surface area contributed by atoms with Gasteiger partial charge in [-0.05, 0) is 31.2 Å². The molecule has 3 aromatic rings. The molecule has 0 spiro atoms. The van der Waals surface area contributed by atoms with Crippen molar-refractivity contribution < 1.29 is 9.53 Å². The minimum absolute atomic E-state index is 0.145. The molecule has 1 atom stereocenters. The standard InChI is InChI=1S/C21H23N3O2/c1-2-23-15-16(14-20(23)25)21-22-18-10-6-7-11-19(18)24(21)12-13-26-17-8-4-3-5-9-17/h3-11,16H,2,12-15H2,1H3/t16-/m0/s1. The Labute approximate surface area is 153 Å². The van der Waals surface area contributed by atoms with Crippen LogP contribution in [0, 0.1) is 0 Å². The van der Waals surface area contributed by atoms with Gasteiger partial charge in [-0.1, -0.05) is 30.3 Å². The van der Waals surface area contributed by atoms with E-state index < -0.39 is 0 Å². The first-order valence-electron chi connectivity index (χ1n) is 9.17. The van der Waals surface area contributed by atoms with Crippen LogP contribution in [0.5, 0.6) is 5.75 Å². The third kappa shape index (κ3) is 3.17. The Balaban J connectivity index is 1.59. The van der Waals surface area contributed by atoms with E-state index >= 15 is 0 Å². The summed E-state index contributed by atoms with van der Waals surface area (Å²) in [7, 11) is 0. The van der Waals surface area contributed by atoms with Crippen LogP contribution >= 0.6 is 0 Å². The number of imidazole rings is 1. The summed E-state index contributed by atoms with van der Waals surface area (Å²) < 4.78 is 8.10. The van der Waals surface area contributed by atoms with Crippen LogP contribution in [0.4, 0.5) is 0 Å². The zero-order valence-electron chi connectivity index (χ0n) is 15.0. The number of para-hydroxylation sites is 3. The number of likely N-dealkylation sites (N-methyl/N-ethyl adjacent to an activating group) is 1. The van der Waals surface area contributed by atoms with E-state index in [0.29, 0.717) is 19.6 Å². The molecule has 1 saturated heterocycles. The van der Waals surface area contributed by atoms with Crippen LogP contribution in [0.2, 0.25) is 0 Å². The van der Waals surface area contributed by atoms with Crippen LogP contribution in [0.15, 0.2) is 54.6 Å². The first-order valence-corrected chi connectivity index (χ1v) is 9.17. The molecule has 5 heteroatoms. The summed E-state index contributed by atoms with van der Waals surface area (Å²) >= 11 is 0. The Hall–Kier alpha value is -2.82. The van der Waals surface area contributed by atoms with Crippen molar-refractivity contribution in [2.75, 3.05) is 19.7 Å². The van der Waals surface area contributed by atoms with Crippen LogP contribution in [-0.4, -0.2) is 40.1 Å². The molecule has 0 N–H and O–H groups in total. The number of rotatable bonds is 6. The van der Waals surface area contributed by atoms with Gasteiger partial charge in [-0.15, -0.1) is 0 Å². The Morgan fingerprint density at radius 1 is 1.12 bits per heavy atom. The van der Waals surface area contributed by atoms with E-state index in [1.165, 1.54) is 0 Å². The Morgan fingerprint density at radius 3 is 2.65 bits per heavy atom. The van der Waals surface area contributed by atoms with Crippen LogP contribution < -0.4 is 4.74 Å². The molecule has 134 valence electrons. The van der Waals surface area contributed by atoms with Crippen molar-refractivity contribution in [3.8, 4) is 5.75 Å². The van der Waals surface area contributed by atoms with E-state index in [-0.39, 0.29) is 11.8 Å². The van der Waals surface area contributed by atoms with E-state index in [1.54, 1.807) is 0 Å². The summed E-state index contributed by atoms with van der Waals surface area (Å²) in [5.74, 6) is 2.22. The Morgan fingerprint density at radius 2 is 1.88 bits per heavy atom. The van der Waals surface area contributed by atoms with E-state index in [4.69, 9.17) is 9.72 Å². The molecule has 1 amide bonds. The molecule has 1 fully saturated rings. The predicted molar refractivity (Wildman–Crippen MR) is 101 cm³/mol. The minimum Gasteiger partial charge on any atom is -0.492 e. The third-order valence-corrected chi connectivity index (χ3v) is 4.97. The zero-order valence-corrected chi connectivity index (χ0v) is 15.0. The van der Waals surface area contributed by atoms with Crippen LogP contribution in [-0.2, 0) is 11.3 Å². The highest BCUT2D eigenvalue weighted by Gasteiger charge is 2.33. The molecular weight excluding hydrogens is 326 g/mol. The van der Waals surface area contributed by atoms with Gasteiger partial charge < -0.3 is 14.2 Å². The molecule has 4 rings (SSSR count). The highest BCUT2D eigenvalue weighted by atomic mass is 16.5. The molecule has 0 bridgehead atoms. The normalized spacial score (nSPS) is 17.2. The monoisotopic (exact) mass is 349 g/mol. The number of fused-ring (bicyclic) bond motifs is 1. The number of hydrogen-bond donors (Lipinski definition) is 0. The average Bonchev–Trinajstić information content (AvgIpc) is 3.23. The van der Waals surface area contributed by atoms with Gasteiger partial charge in [0.25, 0.3) is 0 Å². The highest BCUT2D eigenvalue weighted by Crippen LogP contribution is 2.30. The van der Waals surface area contributed by atoms with Crippen molar-refractivity contribution in [2.45, 2.75) is 25.8 Å². The van der Waals surface area contributed by atoms with Crippen molar-refractivity contribution in [1.82, 2.24) is 14.5 Å². The molecule has 26 heavy (non-hydrogen) atoms. The molecule has 0 unspecified atom stereocenters. The number of nitrogens with zero attached hydrogens (tertiary/aromatic N) is 3. The summed E-state index contributed by atoms with van der Waals surface area (Å²) in [5.41, 5.74) is 2.08. The summed E-state index contributed by atoms with van der Waals surface area (Å²) in [6, 6.07) is 18.0. The summed E-state index contributed by atoms with van der Waals surface area (Å²) in [5, 5.41) is 0. The van der Waals surface area contributed by atoms with Gasteiger partial charge in [0.2, 0.25) is 5.91 Å². The highest BCUT2D eigenvalue weighted by molar-refractivity contribution is 5.80. The Bertz CT molecular complexity index is 904. The van der Waals surface area contributed by atoms with E-state index in [9.17, 15) is 4.79 Å². The lowest BCUT2D eigenvalue weighted by Crippen LogP contribution is -2.24. The second-order valence-corrected chi connectivity index (χ2v) is 6.61. The quantitative estimate of drug-likeness (QED) is 0.685. The molecule has 0 radical (unpaired) electrons. The number of likely N-dealkylation sites (tertiary alicyclic amines) is 1. The fraction of sp³-hybridized carbons (Fsp3) is 0.333. The lowest BCUT2D eigenvalue weighted by Gasteiger charge is -2.15. The maximum Gasteiger partial charge on any atom is 0.223 e. The van der Waals surface area contributed by atoms with Gasteiger partial charge in [-0.3, -0.25) is 4.79 Å². The first kappa shape index (κ1) is 16.6. The SMILES string of the molecule is CCN1C[C@@H](c2nc3ccccc3n2CCOc2ccccc2)CC1=O. The number of amides is 1. The topological polar surface area (TPSA) is 47.4 Å². The first-order chi connectivity index (χ1) is 12.8. The average molecular weight is 349 g/mol.